The Balaban J connectivity index is 2.77. The number of amides is 1. The molecule has 0 bridgehead atoms. The summed E-state index contributed by atoms with van der Waals surface area (Å²) in [5.41, 5.74) is 0.883. The quantitative estimate of drug-likeness (QED) is 0.824. The van der Waals surface area contributed by atoms with Crippen molar-refractivity contribution in [3.63, 3.8) is 0 Å². The molecule has 1 aromatic carbocycles. The minimum atomic E-state index is -0.0614. The molecule has 0 aromatic heterocycles. The van der Waals surface area contributed by atoms with Crippen LogP contribution in [0.5, 0.6) is 11.5 Å². The van der Waals surface area contributed by atoms with Gasteiger partial charge in [0.15, 0.2) is 0 Å². The number of phenols is 1. The summed E-state index contributed by atoms with van der Waals surface area (Å²) in [5, 5.41) is 12.3. The number of ether oxygens (including phenoxy) is 1. The van der Waals surface area contributed by atoms with Crippen LogP contribution in [-0.4, -0.2) is 24.7 Å². The summed E-state index contributed by atoms with van der Waals surface area (Å²) in [5.74, 6) is 0.903. The highest BCUT2D eigenvalue weighted by Gasteiger charge is 2.08. The number of rotatable bonds is 4. The third kappa shape index (κ3) is 3.55. The summed E-state index contributed by atoms with van der Waals surface area (Å²) in [6, 6.07) is 3.45. The Morgan fingerprint density at radius 2 is 2.25 bits per heavy atom. The van der Waals surface area contributed by atoms with Crippen LogP contribution in [0.4, 0.5) is 0 Å². The van der Waals surface area contributed by atoms with Crippen LogP contribution in [0.3, 0.4) is 0 Å². The fraction of sp³-hybridized carbons (Fsp3) is 0.364. The van der Waals surface area contributed by atoms with Crippen molar-refractivity contribution >= 4 is 28.5 Å². The van der Waals surface area contributed by atoms with Gasteiger partial charge in [-0.25, -0.2) is 0 Å². The first-order chi connectivity index (χ1) is 7.54. The molecule has 5 heteroatoms. The Hall–Kier alpha value is -0.980. The lowest BCUT2D eigenvalue weighted by molar-refractivity contribution is -0.118. The van der Waals surface area contributed by atoms with E-state index in [0.717, 1.165) is 14.9 Å². The number of phenolic OH excluding ortho intramolecular Hbond substituents is 1. The fourth-order valence-corrected chi connectivity index (χ4v) is 1.78. The van der Waals surface area contributed by atoms with Gasteiger partial charge in [-0.1, -0.05) is 0 Å². The first kappa shape index (κ1) is 13.1. The van der Waals surface area contributed by atoms with Gasteiger partial charge in [0.2, 0.25) is 5.91 Å². The molecule has 0 saturated heterocycles. The molecule has 0 aliphatic heterocycles. The van der Waals surface area contributed by atoms with Crippen molar-refractivity contribution in [1.82, 2.24) is 5.32 Å². The largest absolute Gasteiger partial charge is 0.507 e. The van der Waals surface area contributed by atoms with Gasteiger partial charge in [0.1, 0.15) is 11.5 Å². The maximum atomic E-state index is 10.7. The molecular formula is C11H14INO3. The molecule has 0 aliphatic rings. The number of carbonyl (C=O) groups is 1. The van der Waals surface area contributed by atoms with Crippen LogP contribution in [0.2, 0.25) is 0 Å². The van der Waals surface area contributed by atoms with Gasteiger partial charge in [-0.2, -0.15) is 0 Å². The van der Waals surface area contributed by atoms with Gasteiger partial charge in [0, 0.05) is 13.5 Å². The minimum absolute atomic E-state index is 0.0614. The Morgan fingerprint density at radius 3 is 2.81 bits per heavy atom. The van der Waals surface area contributed by atoms with E-state index in [1.807, 2.05) is 22.6 Å². The summed E-state index contributed by atoms with van der Waals surface area (Å²) < 4.78 is 5.96. The van der Waals surface area contributed by atoms with E-state index in [1.54, 1.807) is 19.2 Å². The molecule has 16 heavy (non-hydrogen) atoms. The predicted molar refractivity (Wildman–Crippen MR) is 69.8 cm³/mol. The van der Waals surface area contributed by atoms with Gasteiger partial charge in [-0.15, -0.1) is 0 Å². The van der Waals surface area contributed by atoms with Gasteiger partial charge in [0.05, 0.1) is 10.7 Å². The molecule has 0 radical (unpaired) electrons. The van der Waals surface area contributed by atoms with Crippen molar-refractivity contribution in [3.05, 3.63) is 21.3 Å². The van der Waals surface area contributed by atoms with Gasteiger partial charge < -0.3 is 15.2 Å². The molecule has 1 rings (SSSR count). The molecule has 0 fully saturated rings. The van der Waals surface area contributed by atoms with E-state index in [9.17, 15) is 9.90 Å². The number of hydrogen-bond acceptors (Lipinski definition) is 3. The molecule has 4 nitrogen and oxygen atoms in total. The van der Waals surface area contributed by atoms with Crippen molar-refractivity contribution in [2.24, 2.45) is 0 Å². The number of carbonyl (C=O) groups excluding carboxylic acids is 1. The Labute approximate surface area is 108 Å². The molecule has 1 aromatic rings. The lowest BCUT2D eigenvalue weighted by atomic mass is 10.1. The lowest BCUT2D eigenvalue weighted by Gasteiger charge is -2.10. The standard InChI is InChI=1S/C11H14INO3/c1-7(14)13-4-3-8-5-10(15)9(12)6-11(8)16-2/h5-6,15H,3-4H2,1-2H3,(H,13,14). The third-order valence-electron chi connectivity index (χ3n) is 2.12. The second-order valence-corrected chi connectivity index (χ2v) is 4.51. The molecule has 0 spiro atoms. The van der Waals surface area contributed by atoms with Crippen LogP contribution in [0, 0.1) is 3.57 Å². The summed E-state index contributed by atoms with van der Waals surface area (Å²) in [6.45, 7) is 2.01. The molecule has 0 saturated carbocycles. The molecule has 0 unspecified atom stereocenters. The molecule has 0 atom stereocenters. The molecule has 2 N–H and O–H groups in total. The van der Waals surface area contributed by atoms with Crippen molar-refractivity contribution in [3.8, 4) is 11.5 Å². The normalized spacial score (nSPS) is 9.94. The molecule has 88 valence electrons. The molecule has 0 heterocycles. The Kier molecular flexibility index (Phi) is 4.85. The average molecular weight is 335 g/mol. The zero-order valence-corrected chi connectivity index (χ0v) is 11.4. The highest BCUT2D eigenvalue weighted by molar-refractivity contribution is 14.1. The topological polar surface area (TPSA) is 58.6 Å². The van der Waals surface area contributed by atoms with Gasteiger partial charge in [0.25, 0.3) is 0 Å². The van der Waals surface area contributed by atoms with Crippen LogP contribution < -0.4 is 10.1 Å². The van der Waals surface area contributed by atoms with E-state index in [-0.39, 0.29) is 11.7 Å². The maximum absolute atomic E-state index is 10.7. The number of benzene rings is 1. The fourth-order valence-electron chi connectivity index (χ4n) is 1.35. The number of hydrogen-bond donors (Lipinski definition) is 2. The monoisotopic (exact) mass is 335 g/mol. The van der Waals surface area contributed by atoms with Gasteiger partial charge in [-0.3, -0.25) is 4.79 Å². The van der Waals surface area contributed by atoms with E-state index < -0.39 is 0 Å². The summed E-state index contributed by atoms with van der Waals surface area (Å²) in [4.78, 5) is 10.7. The highest BCUT2D eigenvalue weighted by atomic mass is 127. The van der Waals surface area contributed by atoms with E-state index in [2.05, 4.69) is 5.32 Å². The molecular weight excluding hydrogens is 321 g/mol. The van der Waals surface area contributed by atoms with Crippen molar-refractivity contribution < 1.29 is 14.6 Å². The van der Waals surface area contributed by atoms with Crippen LogP contribution >= 0.6 is 22.6 Å². The smallest absolute Gasteiger partial charge is 0.216 e. The van der Waals surface area contributed by atoms with Crippen molar-refractivity contribution in [2.45, 2.75) is 13.3 Å². The van der Waals surface area contributed by atoms with E-state index >= 15 is 0 Å². The average Bonchev–Trinajstić information content (AvgIpc) is 2.22. The van der Waals surface area contributed by atoms with Crippen LogP contribution in [0.1, 0.15) is 12.5 Å². The maximum Gasteiger partial charge on any atom is 0.216 e. The van der Waals surface area contributed by atoms with E-state index in [1.165, 1.54) is 6.92 Å². The SMILES string of the molecule is COc1cc(I)c(O)cc1CCNC(C)=O. The second-order valence-electron chi connectivity index (χ2n) is 3.35. The highest BCUT2D eigenvalue weighted by Crippen LogP contribution is 2.29. The number of nitrogens with one attached hydrogen (secondary N) is 1. The predicted octanol–water partition coefficient (Wildman–Crippen LogP) is 1.68. The van der Waals surface area contributed by atoms with Crippen molar-refractivity contribution in [1.29, 1.82) is 0 Å². The number of aromatic hydroxyl groups is 1. The lowest BCUT2D eigenvalue weighted by Crippen LogP contribution is -2.22. The van der Waals surface area contributed by atoms with Crippen LogP contribution in [-0.2, 0) is 11.2 Å². The van der Waals surface area contributed by atoms with E-state index in [0.29, 0.717) is 13.0 Å². The van der Waals surface area contributed by atoms with E-state index in [4.69, 9.17) is 4.74 Å². The molecule has 1 amide bonds. The summed E-state index contributed by atoms with van der Waals surface area (Å²) >= 11 is 2.04. The number of methoxy groups -OCH3 is 1. The number of halogens is 1. The Bertz CT molecular complexity index is 393. The third-order valence-corrected chi connectivity index (χ3v) is 2.98. The second kappa shape index (κ2) is 5.93. The van der Waals surface area contributed by atoms with Gasteiger partial charge >= 0.3 is 0 Å². The minimum Gasteiger partial charge on any atom is -0.507 e. The van der Waals surface area contributed by atoms with Crippen molar-refractivity contribution in [2.75, 3.05) is 13.7 Å². The zero-order valence-electron chi connectivity index (χ0n) is 9.21. The molecule has 0 aliphatic carbocycles. The first-order valence-corrected chi connectivity index (χ1v) is 5.92. The zero-order chi connectivity index (χ0) is 12.1. The van der Waals surface area contributed by atoms with Crippen LogP contribution in [0.25, 0.3) is 0 Å². The Morgan fingerprint density at radius 1 is 1.56 bits per heavy atom. The summed E-state index contributed by atoms with van der Waals surface area (Å²) in [7, 11) is 1.59. The summed E-state index contributed by atoms with van der Waals surface area (Å²) in [6.07, 6.45) is 0.632. The van der Waals surface area contributed by atoms with Gasteiger partial charge in [-0.05, 0) is 46.7 Å². The first-order valence-electron chi connectivity index (χ1n) is 4.84. The van der Waals surface area contributed by atoms with Crippen LogP contribution in [0.15, 0.2) is 12.1 Å².